The molecule has 13 heteroatoms. The third-order valence-electron chi connectivity index (χ3n) is 7.50. The fraction of sp³-hybridized carbons (Fsp3) is 0.500. The summed E-state index contributed by atoms with van der Waals surface area (Å²) in [4.78, 5) is 27.9. The number of carbonyl (C=O) groups is 2. The molecule has 0 aliphatic carbocycles. The van der Waals surface area contributed by atoms with E-state index < -0.39 is 5.97 Å². The predicted molar refractivity (Wildman–Crippen MR) is 177 cm³/mol. The van der Waals surface area contributed by atoms with Gasteiger partial charge in [0, 0.05) is 23.2 Å². The summed E-state index contributed by atoms with van der Waals surface area (Å²) in [5, 5.41) is 11.0. The van der Waals surface area contributed by atoms with Gasteiger partial charge < -0.3 is 40.5 Å². The number of nitrogens with zero attached hydrogens (tertiary/aromatic N) is 1. The number of nitrogens with two attached hydrogens (primary N) is 2. The summed E-state index contributed by atoms with van der Waals surface area (Å²) in [6.07, 6.45) is 0. The number of rotatable bonds is 4. The van der Waals surface area contributed by atoms with Crippen LogP contribution in [-0.2, 0) is 23.7 Å². The molecule has 3 aliphatic heterocycles. The number of hydrogen-bond acceptors (Lipinski definition) is 12. The summed E-state index contributed by atoms with van der Waals surface area (Å²) < 4.78 is 24.7. The maximum absolute atomic E-state index is 11.8. The molecule has 0 spiro atoms. The molecular formula is C32H48ClN5O7. The molecule has 0 radical (unpaired) electrons. The van der Waals surface area contributed by atoms with Crippen LogP contribution in [0.3, 0.4) is 0 Å². The molecule has 0 bridgehead atoms. The van der Waals surface area contributed by atoms with E-state index in [-0.39, 0.29) is 55.9 Å². The predicted octanol–water partition coefficient (Wildman–Crippen LogP) is 3.00. The van der Waals surface area contributed by atoms with Crippen molar-refractivity contribution >= 4 is 36.1 Å². The summed E-state index contributed by atoms with van der Waals surface area (Å²) in [6, 6.07) is 7.91. The number of aryl methyl sites for hydroxylation is 4. The third kappa shape index (κ3) is 9.72. The highest BCUT2D eigenvalue weighted by Gasteiger charge is 2.34. The molecule has 0 amide bonds. The molecule has 3 aliphatic rings. The molecule has 4 atom stereocenters. The molecule has 12 nitrogen and oxygen atoms in total. The van der Waals surface area contributed by atoms with Gasteiger partial charge in [-0.05, 0) is 62.1 Å². The molecule has 4 unspecified atom stereocenters. The minimum Gasteiger partial charge on any atom is -0.481 e. The summed E-state index contributed by atoms with van der Waals surface area (Å²) in [5.74, 6) is 0.183. The van der Waals surface area contributed by atoms with Gasteiger partial charge in [-0.1, -0.05) is 19.6 Å². The number of methoxy groups -OCH3 is 3. The van der Waals surface area contributed by atoms with E-state index in [0.29, 0.717) is 43.1 Å². The molecule has 3 heterocycles. The van der Waals surface area contributed by atoms with E-state index in [1.807, 2.05) is 45.9 Å². The number of carbonyl (C=O) groups excluding carboxylic acids is 2. The minimum atomic E-state index is -0.400. The Morgan fingerprint density at radius 3 is 1.73 bits per heavy atom. The second-order valence-corrected chi connectivity index (χ2v) is 10.7. The van der Waals surface area contributed by atoms with Gasteiger partial charge in [0.1, 0.15) is 5.84 Å². The monoisotopic (exact) mass is 649 g/mol. The van der Waals surface area contributed by atoms with Crippen molar-refractivity contribution in [3.05, 3.63) is 68.8 Å². The molecule has 2 saturated heterocycles. The first-order valence-electron chi connectivity index (χ1n) is 13.9. The number of halogens is 1. The molecule has 0 saturated carbocycles. The van der Waals surface area contributed by atoms with E-state index in [0.717, 1.165) is 33.7 Å². The zero-order valence-electron chi connectivity index (χ0n) is 26.3. The second-order valence-electron chi connectivity index (χ2n) is 10.7. The third-order valence-corrected chi connectivity index (χ3v) is 7.50. The highest BCUT2D eigenvalue weighted by Crippen LogP contribution is 2.23. The van der Waals surface area contributed by atoms with E-state index in [4.69, 9.17) is 35.8 Å². The Hall–Kier alpha value is -3.55. The number of benzene rings is 2. The minimum absolute atomic E-state index is 0. The van der Waals surface area contributed by atoms with Crippen molar-refractivity contribution in [3.8, 4) is 0 Å². The van der Waals surface area contributed by atoms with Crippen LogP contribution in [0, 0.1) is 33.1 Å². The molecule has 2 aromatic carbocycles. The average Bonchev–Trinajstić information content (AvgIpc) is 3.69. The largest absolute Gasteiger partial charge is 0.481 e. The Kier molecular flexibility index (Phi) is 15.6. The van der Waals surface area contributed by atoms with Crippen LogP contribution in [-0.4, -0.2) is 95.6 Å². The Labute approximate surface area is 272 Å². The molecule has 2 aromatic rings. The van der Waals surface area contributed by atoms with Crippen LogP contribution < -0.4 is 16.8 Å². The van der Waals surface area contributed by atoms with Crippen LogP contribution in [0.4, 0.5) is 0 Å². The number of fused-ring (bicyclic) bond motifs is 1. The van der Waals surface area contributed by atoms with Gasteiger partial charge in [-0.2, -0.15) is 0 Å². The lowest BCUT2D eigenvalue weighted by Crippen LogP contribution is -2.39. The summed E-state index contributed by atoms with van der Waals surface area (Å²) in [6.45, 7) is 10.2. The molecule has 5 rings (SSSR count). The number of ether oxygens (including phenoxy) is 5. The van der Waals surface area contributed by atoms with Crippen LogP contribution in [0.1, 0.15) is 61.5 Å². The standard InChI is InChI=1S/C15H18N2O3.C12H15NO3.C4H10N2O.CH4.ClH/c1-8-4-9(2)11(15(18)19-3)5-10(8)14-16-12-6-20-7-13(12)17-14;1-7-5-8(2)10(12(14)16-4)6-9(7)11(13)15-3;5-3-1-7-2-4(3)6;;/h4-5,12-13H,6-7H2,1-3H3,(H,16,17);5-6,13H,1-4H3;3-4H,1-2,5-6H2;1H4;1H. The number of amidine groups is 1. The van der Waals surface area contributed by atoms with Crippen LogP contribution in [0.15, 0.2) is 29.3 Å². The van der Waals surface area contributed by atoms with Crippen molar-refractivity contribution in [2.75, 3.05) is 47.8 Å². The Balaban J connectivity index is 0.000000364. The number of hydrogen-bond donors (Lipinski definition) is 4. The number of aliphatic imine (C=N–C) groups is 1. The van der Waals surface area contributed by atoms with Crippen molar-refractivity contribution in [2.24, 2.45) is 16.5 Å². The highest BCUT2D eigenvalue weighted by atomic mass is 35.5. The van der Waals surface area contributed by atoms with Gasteiger partial charge in [0.25, 0.3) is 0 Å². The van der Waals surface area contributed by atoms with Crippen LogP contribution in [0.2, 0.25) is 0 Å². The first-order chi connectivity index (χ1) is 20.4. The fourth-order valence-electron chi connectivity index (χ4n) is 4.90. The van der Waals surface area contributed by atoms with E-state index >= 15 is 0 Å². The highest BCUT2D eigenvalue weighted by molar-refractivity contribution is 6.04. The zero-order chi connectivity index (χ0) is 31.8. The molecular weight excluding hydrogens is 602 g/mol. The molecule has 45 heavy (non-hydrogen) atoms. The Morgan fingerprint density at radius 2 is 1.27 bits per heavy atom. The van der Waals surface area contributed by atoms with Crippen molar-refractivity contribution < 1.29 is 33.3 Å². The Morgan fingerprint density at radius 1 is 0.778 bits per heavy atom. The topological polar surface area (TPSA) is 181 Å². The molecule has 2 fully saturated rings. The van der Waals surface area contributed by atoms with Gasteiger partial charge in [0.15, 0.2) is 0 Å². The first kappa shape index (κ1) is 39.5. The van der Waals surface area contributed by atoms with Crippen molar-refractivity contribution in [1.29, 1.82) is 5.41 Å². The number of nitrogens with one attached hydrogen (secondary N) is 2. The van der Waals surface area contributed by atoms with E-state index in [1.54, 1.807) is 6.07 Å². The van der Waals surface area contributed by atoms with Crippen LogP contribution in [0.25, 0.3) is 0 Å². The van der Waals surface area contributed by atoms with Gasteiger partial charge in [0.05, 0.1) is 71.0 Å². The van der Waals surface area contributed by atoms with Crippen LogP contribution >= 0.6 is 12.4 Å². The van der Waals surface area contributed by atoms with E-state index in [1.165, 1.54) is 21.3 Å². The molecule has 0 aromatic heterocycles. The van der Waals surface area contributed by atoms with Crippen molar-refractivity contribution in [3.63, 3.8) is 0 Å². The van der Waals surface area contributed by atoms with Crippen LogP contribution in [0.5, 0.6) is 0 Å². The summed E-state index contributed by atoms with van der Waals surface area (Å²) in [5.41, 5.74) is 17.2. The lowest BCUT2D eigenvalue weighted by atomic mass is 9.99. The molecule has 250 valence electrons. The first-order valence-corrected chi connectivity index (χ1v) is 13.9. The van der Waals surface area contributed by atoms with Gasteiger partial charge >= 0.3 is 11.9 Å². The quantitative estimate of drug-likeness (QED) is 0.218. The van der Waals surface area contributed by atoms with Gasteiger partial charge in [-0.3, -0.25) is 10.4 Å². The smallest absolute Gasteiger partial charge is 0.338 e. The lowest BCUT2D eigenvalue weighted by molar-refractivity contribution is 0.0591. The maximum atomic E-state index is 11.8. The maximum Gasteiger partial charge on any atom is 0.338 e. The number of esters is 2. The second kappa shape index (κ2) is 17.8. The van der Waals surface area contributed by atoms with Crippen molar-refractivity contribution in [2.45, 2.75) is 59.3 Å². The summed E-state index contributed by atoms with van der Waals surface area (Å²) >= 11 is 0. The average molecular weight is 650 g/mol. The SMILES string of the molecule is C.COC(=N)c1cc(C(=O)OC)c(C)cc1C.COC(=O)c1cc(C2=NC3COCC3N2)c(C)cc1C.Cl.NC1COCC1N. The van der Waals surface area contributed by atoms with E-state index in [9.17, 15) is 9.59 Å². The van der Waals surface area contributed by atoms with Gasteiger partial charge in [0.2, 0.25) is 5.90 Å². The zero-order valence-corrected chi connectivity index (χ0v) is 27.1. The van der Waals surface area contributed by atoms with Gasteiger partial charge in [-0.15, -0.1) is 12.4 Å². The lowest BCUT2D eigenvalue weighted by Gasteiger charge is -2.13. The summed E-state index contributed by atoms with van der Waals surface area (Å²) in [7, 11) is 4.16. The Bertz CT molecular complexity index is 1340. The molecule has 6 N–H and O–H groups in total. The van der Waals surface area contributed by atoms with Crippen molar-refractivity contribution in [1.82, 2.24) is 5.32 Å². The van der Waals surface area contributed by atoms with E-state index in [2.05, 4.69) is 15.0 Å². The van der Waals surface area contributed by atoms with Gasteiger partial charge in [-0.25, -0.2) is 9.59 Å². The normalized spacial score (nSPS) is 20.7. The fourth-order valence-corrected chi connectivity index (χ4v) is 4.90.